The molecule has 2 saturated carbocycles. The lowest BCUT2D eigenvalue weighted by atomic mass is 9.82. The van der Waals surface area contributed by atoms with Crippen LogP contribution >= 0.6 is 0 Å². The van der Waals surface area contributed by atoms with Gasteiger partial charge in [0.15, 0.2) is 0 Å². The molecule has 15 heavy (non-hydrogen) atoms. The number of nitrogens with one attached hydrogen (secondary N) is 1. The molecule has 0 saturated heterocycles. The van der Waals surface area contributed by atoms with Crippen LogP contribution in [0.15, 0.2) is 0 Å². The molecular weight excluding hydrogens is 182 g/mol. The molecule has 88 valence electrons. The first kappa shape index (κ1) is 11.4. The SMILES string of the molecule is CC(CCNC1CC1)CC1CCCCC1. The fourth-order valence-corrected chi connectivity index (χ4v) is 2.93. The van der Waals surface area contributed by atoms with Crippen molar-refractivity contribution in [1.29, 1.82) is 0 Å². The molecule has 0 radical (unpaired) electrons. The summed E-state index contributed by atoms with van der Waals surface area (Å²) in [7, 11) is 0. The van der Waals surface area contributed by atoms with Crippen molar-refractivity contribution >= 4 is 0 Å². The summed E-state index contributed by atoms with van der Waals surface area (Å²) in [6.45, 7) is 3.71. The molecule has 0 bridgehead atoms. The van der Waals surface area contributed by atoms with Crippen molar-refractivity contribution in [1.82, 2.24) is 5.32 Å². The molecule has 2 aliphatic rings. The van der Waals surface area contributed by atoms with Crippen molar-refractivity contribution in [2.45, 2.75) is 70.8 Å². The van der Waals surface area contributed by atoms with Crippen molar-refractivity contribution < 1.29 is 0 Å². The Bertz CT molecular complexity index is 168. The van der Waals surface area contributed by atoms with E-state index in [2.05, 4.69) is 12.2 Å². The van der Waals surface area contributed by atoms with E-state index in [1.54, 1.807) is 0 Å². The van der Waals surface area contributed by atoms with Crippen LogP contribution in [-0.2, 0) is 0 Å². The molecule has 0 heterocycles. The van der Waals surface area contributed by atoms with Gasteiger partial charge in [0.25, 0.3) is 0 Å². The third kappa shape index (κ3) is 4.55. The Kier molecular flexibility index (Phi) is 4.49. The Hall–Kier alpha value is -0.0400. The first-order valence-corrected chi connectivity index (χ1v) is 7.08. The second-order valence-corrected chi connectivity index (χ2v) is 5.86. The first-order valence-electron chi connectivity index (χ1n) is 7.08. The first-order chi connectivity index (χ1) is 7.34. The van der Waals surface area contributed by atoms with Gasteiger partial charge in [-0.15, -0.1) is 0 Å². The van der Waals surface area contributed by atoms with Crippen LogP contribution in [0.3, 0.4) is 0 Å². The topological polar surface area (TPSA) is 12.0 Å². The van der Waals surface area contributed by atoms with Gasteiger partial charge >= 0.3 is 0 Å². The van der Waals surface area contributed by atoms with Crippen LogP contribution in [0.5, 0.6) is 0 Å². The molecule has 0 amide bonds. The van der Waals surface area contributed by atoms with E-state index >= 15 is 0 Å². The van der Waals surface area contributed by atoms with Crippen LogP contribution in [0.4, 0.5) is 0 Å². The summed E-state index contributed by atoms with van der Waals surface area (Å²) in [6.07, 6.45) is 13.3. The van der Waals surface area contributed by atoms with Gasteiger partial charge in [-0.1, -0.05) is 39.0 Å². The maximum atomic E-state index is 3.62. The van der Waals surface area contributed by atoms with E-state index in [1.165, 1.54) is 64.3 Å². The van der Waals surface area contributed by atoms with E-state index in [1.807, 2.05) is 0 Å². The lowest BCUT2D eigenvalue weighted by Gasteiger charge is -2.24. The van der Waals surface area contributed by atoms with Crippen LogP contribution in [-0.4, -0.2) is 12.6 Å². The van der Waals surface area contributed by atoms with E-state index < -0.39 is 0 Å². The van der Waals surface area contributed by atoms with Gasteiger partial charge in [-0.25, -0.2) is 0 Å². The van der Waals surface area contributed by atoms with E-state index in [-0.39, 0.29) is 0 Å². The zero-order chi connectivity index (χ0) is 10.5. The molecule has 1 unspecified atom stereocenters. The molecule has 2 rings (SSSR count). The molecular formula is C14H27N. The summed E-state index contributed by atoms with van der Waals surface area (Å²) in [5.41, 5.74) is 0. The fourth-order valence-electron chi connectivity index (χ4n) is 2.93. The highest BCUT2D eigenvalue weighted by atomic mass is 14.9. The van der Waals surface area contributed by atoms with Crippen LogP contribution in [0.1, 0.15) is 64.7 Å². The Morgan fingerprint density at radius 1 is 1.07 bits per heavy atom. The average molecular weight is 209 g/mol. The molecule has 2 aliphatic carbocycles. The van der Waals surface area contributed by atoms with Crippen LogP contribution < -0.4 is 5.32 Å². The Balaban J connectivity index is 1.51. The Morgan fingerprint density at radius 2 is 1.80 bits per heavy atom. The molecule has 1 nitrogen and oxygen atoms in total. The quantitative estimate of drug-likeness (QED) is 0.703. The molecule has 1 atom stereocenters. The van der Waals surface area contributed by atoms with Gasteiger partial charge < -0.3 is 5.32 Å². The highest BCUT2D eigenvalue weighted by Gasteiger charge is 2.20. The summed E-state index contributed by atoms with van der Waals surface area (Å²) in [5.74, 6) is 2.01. The molecule has 0 spiro atoms. The van der Waals surface area contributed by atoms with Crippen molar-refractivity contribution in [3.63, 3.8) is 0 Å². The van der Waals surface area contributed by atoms with Crippen molar-refractivity contribution in [2.24, 2.45) is 11.8 Å². The van der Waals surface area contributed by atoms with Crippen LogP contribution in [0.25, 0.3) is 0 Å². The van der Waals surface area contributed by atoms with Crippen molar-refractivity contribution in [3.8, 4) is 0 Å². The minimum absolute atomic E-state index is 0.895. The van der Waals surface area contributed by atoms with E-state index in [9.17, 15) is 0 Å². The summed E-state index contributed by atoms with van der Waals surface area (Å²) in [5, 5.41) is 3.62. The maximum absolute atomic E-state index is 3.62. The summed E-state index contributed by atoms with van der Waals surface area (Å²) < 4.78 is 0. The fraction of sp³-hybridized carbons (Fsp3) is 1.00. The van der Waals surface area contributed by atoms with Gasteiger partial charge in [0.05, 0.1) is 0 Å². The molecule has 0 aromatic heterocycles. The normalized spacial score (nSPS) is 25.4. The highest BCUT2D eigenvalue weighted by molar-refractivity contribution is 4.80. The maximum Gasteiger partial charge on any atom is 0.00682 e. The predicted octanol–water partition coefficient (Wildman–Crippen LogP) is 3.74. The molecule has 1 N–H and O–H groups in total. The molecule has 1 heteroatoms. The van der Waals surface area contributed by atoms with Gasteiger partial charge in [-0.05, 0) is 44.1 Å². The minimum atomic E-state index is 0.895. The minimum Gasteiger partial charge on any atom is -0.314 e. The van der Waals surface area contributed by atoms with Gasteiger partial charge in [0.1, 0.15) is 0 Å². The Morgan fingerprint density at radius 3 is 2.47 bits per heavy atom. The molecule has 0 aromatic rings. The summed E-state index contributed by atoms with van der Waals surface area (Å²) in [4.78, 5) is 0. The summed E-state index contributed by atoms with van der Waals surface area (Å²) in [6, 6.07) is 0.895. The van der Waals surface area contributed by atoms with E-state index in [0.29, 0.717) is 0 Å². The third-order valence-electron chi connectivity index (χ3n) is 4.11. The number of rotatable bonds is 6. The zero-order valence-corrected chi connectivity index (χ0v) is 10.3. The van der Waals surface area contributed by atoms with Gasteiger partial charge in [0.2, 0.25) is 0 Å². The molecule has 0 aromatic carbocycles. The highest BCUT2D eigenvalue weighted by Crippen LogP contribution is 2.29. The van der Waals surface area contributed by atoms with Crippen LogP contribution in [0.2, 0.25) is 0 Å². The standard InChI is InChI=1S/C14H27N/c1-12(9-10-15-14-7-8-14)11-13-5-3-2-4-6-13/h12-15H,2-11H2,1H3. The Labute approximate surface area is 95.0 Å². The third-order valence-corrected chi connectivity index (χ3v) is 4.11. The van der Waals surface area contributed by atoms with E-state index in [4.69, 9.17) is 0 Å². The number of hydrogen-bond donors (Lipinski definition) is 1. The lowest BCUT2D eigenvalue weighted by Crippen LogP contribution is -2.20. The van der Waals surface area contributed by atoms with Gasteiger partial charge in [0, 0.05) is 6.04 Å². The second kappa shape index (κ2) is 5.89. The predicted molar refractivity (Wildman–Crippen MR) is 66.0 cm³/mol. The zero-order valence-electron chi connectivity index (χ0n) is 10.3. The van der Waals surface area contributed by atoms with Crippen molar-refractivity contribution in [3.05, 3.63) is 0 Å². The van der Waals surface area contributed by atoms with Crippen LogP contribution in [0, 0.1) is 11.8 Å². The lowest BCUT2D eigenvalue weighted by molar-refractivity contribution is 0.288. The molecule has 0 aliphatic heterocycles. The van der Waals surface area contributed by atoms with Crippen molar-refractivity contribution in [2.75, 3.05) is 6.54 Å². The molecule has 2 fully saturated rings. The van der Waals surface area contributed by atoms with E-state index in [0.717, 1.165) is 17.9 Å². The summed E-state index contributed by atoms with van der Waals surface area (Å²) >= 11 is 0. The second-order valence-electron chi connectivity index (χ2n) is 5.86. The largest absolute Gasteiger partial charge is 0.314 e. The average Bonchev–Trinajstić information content (AvgIpc) is 3.03. The number of hydrogen-bond acceptors (Lipinski definition) is 1. The van der Waals surface area contributed by atoms with Gasteiger partial charge in [-0.2, -0.15) is 0 Å². The smallest absolute Gasteiger partial charge is 0.00682 e. The monoisotopic (exact) mass is 209 g/mol. The van der Waals surface area contributed by atoms with Gasteiger partial charge in [-0.3, -0.25) is 0 Å².